The molecule has 0 aliphatic heterocycles. The van der Waals surface area contributed by atoms with Gasteiger partial charge in [-0.2, -0.15) is 0 Å². The summed E-state index contributed by atoms with van der Waals surface area (Å²) >= 11 is 7.41. The van der Waals surface area contributed by atoms with Gasteiger partial charge in [0.25, 0.3) is 0 Å². The molecule has 0 aliphatic rings. The standard InChI is InChI=1S/C11H14ClN5OS/c1-5(2)8-13-7(12)6(3)9(14-8)19-11-16-15-10(18)17(11)4/h5H,1-4H3,(H,15,18). The van der Waals surface area contributed by atoms with E-state index in [-0.39, 0.29) is 11.6 Å². The predicted octanol–water partition coefficient (Wildman–Crippen LogP) is 2.13. The molecule has 1 N–H and O–H groups in total. The number of H-pyrrole nitrogens is 1. The van der Waals surface area contributed by atoms with Gasteiger partial charge in [-0.3, -0.25) is 4.57 Å². The van der Waals surface area contributed by atoms with Crippen LogP contribution in [0.25, 0.3) is 0 Å². The van der Waals surface area contributed by atoms with Gasteiger partial charge >= 0.3 is 5.69 Å². The first-order chi connectivity index (χ1) is 8.90. The molecule has 0 aliphatic carbocycles. The van der Waals surface area contributed by atoms with E-state index in [1.165, 1.54) is 16.3 Å². The van der Waals surface area contributed by atoms with Crippen molar-refractivity contribution in [2.75, 3.05) is 0 Å². The number of halogens is 1. The molecule has 0 aromatic carbocycles. The molecule has 2 aromatic rings. The molecule has 102 valence electrons. The van der Waals surface area contributed by atoms with E-state index in [1.807, 2.05) is 20.8 Å². The summed E-state index contributed by atoms with van der Waals surface area (Å²) in [4.78, 5) is 20.1. The van der Waals surface area contributed by atoms with Crippen LogP contribution in [0.2, 0.25) is 5.15 Å². The van der Waals surface area contributed by atoms with Crippen molar-refractivity contribution in [2.45, 2.75) is 36.9 Å². The number of nitrogens with one attached hydrogen (secondary N) is 1. The lowest BCUT2D eigenvalue weighted by atomic mass is 10.2. The first-order valence-corrected chi connectivity index (χ1v) is 6.93. The fraction of sp³-hybridized carbons (Fsp3) is 0.455. The van der Waals surface area contributed by atoms with E-state index in [1.54, 1.807) is 7.05 Å². The Hall–Kier alpha value is -1.34. The third kappa shape index (κ3) is 2.82. The van der Waals surface area contributed by atoms with Crippen LogP contribution in [-0.4, -0.2) is 24.7 Å². The molecule has 0 saturated carbocycles. The Kier molecular flexibility index (Phi) is 3.96. The second-order valence-electron chi connectivity index (χ2n) is 4.43. The van der Waals surface area contributed by atoms with Crippen LogP contribution in [0.1, 0.15) is 31.2 Å². The highest BCUT2D eigenvalue weighted by Gasteiger charge is 2.15. The topological polar surface area (TPSA) is 76.5 Å². The largest absolute Gasteiger partial charge is 0.343 e. The fourth-order valence-electron chi connectivity index (χ4n) is 1.35. The Morgan fingerprint density at radius 1 is 1.37 bits per heavy atom. The molecule has 19 heavy (non-hydrogen) atoms. The summed E-state index contributed by atoms with van der Waals surface area (Å²) in [5.74, 6) is 0.860. The first-order valence-electron chi connectivity index (χ1n) is 5.73. The summed E-state index contributed by atoms with van der Waals surface area (Å²) in [5, 5.41) is 8.01. The normalized spacial score (nSPS) is 11.3. The first kappa shape index (κ1) is 14.1. The lowest BCUT2D eigenvalue weighted by Crippen LogP contribution is -2.13. The summed E-state index contributed by atoms with van der Waals surface area (Å²) in [5.41, 5.74) is 0.524. The van der Waals surface area contributed by atoms with Gasteiger partial charge in [0.2, 0.25) is 0 Å². The van der Waals surface area contributed by atoms with Crippen molar-refractivity contribution in [1.29, 1.82) is 0 Å². The van der Waals surface area contributed by atoms with Gasteiger partial charge in [-0.25, -0.2) is 19.9 Å². The molecule has 0 amide bonds. The van der Waals surface area contributed by atoms with E-state index < -0.39 is 0 Å². The van der Waals surface area contributed by atoms with E-state index in [9.17, 15) is 4.79 Å². The van der Waals surface area contributed by atoms with Crippen LogP contribution in [0.3, 0.4) is 0 Å². The predicted molar refractivity (Wildman–Crippen MR) is 73.8 cm³/mol. The Bertz CT molecular complexity index is 664. The van der Waals surface area contributed by atoms with Crippen LogP contribution < -0.4 is 5.69 Å². The molecule has 0 atom stereocenters. The zero-order chi connectivity index (χ0) is 14.2. The number of aromatic amines is 1. The van der Waals surface area contributed by atoms with E-state index in [2.05, 4.69) is 20.2 Å². The summed E-state index contributed by atoms with van der Waals surface area (Å²) in [6.07, 6.45) is 0. The maximum Gasteiger partial charge on any atom is 0.343 e. The van der Waals surface area contributed by atoms with E-state index in [0.717, 1.165) is 5.56 Å². The average Bonchev–Trinajstić information content (AvgIpc) is 2.66. The monoisotopic (exact) mass is 299 g/mol. The minimum absolute atomic E-state index is 0.181. The van der Waals surface area contributed by atoms with E-state index >= 15 is 0 Å². The highest BCUT2D eigenvalue weighted by Crippen LogP contribution is 2.30. The van der Waals surface area contributed by atoms with Crippen molar-refractivity contribution in [3.8, 4) is 0 Å². The molecule has 6 nitrogen and oxygen atoms in total. The molecule has 8 heteroatoms. The second-order valence-corrected chi connectivity index (χ2v) is 5.74. The zero-order valence-electron chi connectivity index (χ0n) is 11.1. The molecule has 0 radical (unpaired) electrons. The minimum atomic E-state index is -0.260. The minimum Gasteiger partial charge on any atom is -0.273 e. The van der Waals surface area contributed by atoms with Crippen LogP contribution >= 0.6 is 23.4 Å². The van der Waals surface area contributed by atoms with Crippen LogP contribution in [-0.2, 0) is 7.05 Å². The highest BCUT2D eigenvalue weighted by atomic mass is 35.5. The smallest absolute Gasteiger partial charge is 0.273 e. The Morgan fingerprint density at radius 2 is 2.05 bits per heavy atom. The third-order valence-electron chi connectivity index (χ3n) is 2.60. The number of nitrogens with zero attached hydrogens (tertiary/aromatic N) is 4. The Labute approximate surface area is 119 Å². The zero-order valence-corrected chi connectivity index (χ0v) is 12.6. The molecular formula is C11H14ClN5OS. The molecule has 0 fully saturated rings. The van der Waals surface area contributed by atoms with E-state index in [4.69, 9.17) is 11.6 Å². The average molecular weight is 300 g/mol. The van der Waals surface area contributed by atoms with Gasteiger partial charge in [-0.15, -0.1) is 5.10 Å². The van der Waals surface area contributed by atoms with Crippen molar-refractivity contribution in [3.05, 3.63) is 27.0 Å². The lowest BCUT2D eigenvalue weighted by Gasteiger charge is -2.10. The fourth-order valence-corrected chi connectivity index (χ4v) is 2.46. The Balaban J connectivity index is 2.44. The number of rotatable bonds is 3. The van der Waals surface area contributed by atoms with Gasteiger partial charge in [0.15, 0.2) is 5.16 Å². The molecule has 0 unspecified atom stereocenters. The van der Waals surface area contributed by atoms with Gasteiger partial charge in [-0.1, -0.05) is 25.4 Å². The van der Waals surface area contributed by atoms with Gasteiger partial charge in [0, 0.05) is 18.5 Å². The van der Waals surface area contributed by atoms with Crippen molar-refractivity contribution < 1.29 is 0 Å². The number of aromatic nitrogens is 5. The number of hydrogen-bond acceptors (Lipinski definition) is 5. The maximum atomic E-state index is 11.3. The van der Waals surface area contributed by atoms with Crippen LogP contribution in [0, 0.1) is 6.92 Å². The highest BCUT2D eigenvalue weighted by molar-refractivity contribution is 7.99. The maximum absolute atomic E-state index is 11.3. The van der Waals surface area contributed by atoms with Crippen LogP contribution in [0.4, 0.5) is 0 Å². The van der Waals surface area contributed by atoms with E-state index in [0.29, 0.717) is 21.2 Å². The number of hydrogen-bond donors (Lipinski definition) is 1. The summed E-state index contributed by atoms with van der Waals surface area (Å²) in [6, 6.07) is 0. The van der Waals surface area contributed by atoms with Gasteiger partial charge in [0.05, 0.1) is 0 Å². The summed E-state index contributed by atoms with van der Waals surface area (Å²) in [6.45, 7) is 5.85. The van der Waals surface area contributed by atoms with Gasteiger partial charge in [-0.05, 0) is 18.7 Å². The second kappa shape index (κ2) is 5.34. The molecule has 0 saturated heterocycles. The molecule has 0 spiro atoms. The summed E-state index contributed by atoms with van der Waals surface area (Å²) in [7, 11) is 1.65. The van der Waals surface area contributed by atoms with Crippen molar-refractivity contribution in [1.82, 2.24) is 24.7 Å². The van der Waals surface area contributed by atoms with Gasteiger partial charge in [0.1, 0.15) is 16.0 Å². The van der Waals surface area contributed by atoms with Crippen molar-refractivity contribution >= 4 is 23.4 Å². The van der Waals surface area contributed by atoms with Crippen LogP contribution in [0.15, 0.2) is 15.0 Å². The SMILES string of the molecule is Cc1c(Cl)nc(C(C)C)nc1Sc1n[nH]c(=O)n1C. The molecular weight excluding hydrogens is 286 g/mol. The molecule has 2 rings (SSSR count). The lowest BCUT2D eigenvalue weighted by molar-refractivity contribution is 0.740. The molecule has 2 heterocycles. The van der Waals surface area contributed by atoms with Gasteiger partial charge < -0.3 is 0 Å². The summed E-state index contributed by atoms with van der Waals surface area (Å²) < 4.78 is 1.43. The van der Waals surface area contributed by atoms with Crippen LogP contribution in [0.5, 0.6) is 0 Å². The van der Waals surface area contributed by atoms with Crippen molar-refractivity contribution in [2.24, 2.45) is 7.05 Å². The third-order valence-corrected chi connectivity index (χ3v) is 4.11. The van der Waals surface area contributed by atoms with Crippen molar-refractivity contribution in [3.63, 3.8) is 0 Å². The molecule has 2 aromatic heterocycles. The Morgan fingerprint density at radius 3 is 2.58 bits per heavy atom. The molecule has 0 bridgehead atoms. The quantitative estimate of drug-likeness (QED) is 0.879.